The number of H-pyrrole nitrogens is 1. The number of aromatic nitrogens is 4. The van der Waals surface area contributed by atoms with Crippen LogP contribution in [0.5, 0.6) is 0 Å². The first-order valence-corrected chi connectivity index (χ1v) is 8.25. The number of imidazole rings is 1. The van der Waals surface area contributed by atoms with Gasteiger partial charge in [0.1, 0.15) is 5.82 Å². The molecule has 0 aliphatic carbocycles. The molecule has 0 saturated heterocycles. The third-order valence-corrected chi connectivity index (χ3v) is 4.49. The minimum Gasteiger partial charge on any atom is -0.328 e. The third kappa shape index (κ3) is 2.41. The summed E-state index contributed by atoms with van der Waals surface area (Å²) in [6.07, 6.45) is 4.17. The fraction of sp³-hybridized carbons (Fsp3) is 0.412. The van der Waals surface area contributed by atoms with E-state index in [4.69, 9.17) is 16.6 Å². The summed E-state index contributed by atoms with van der Waals surface area (Å²) in [7, 11) is 0. The zero-order valence-electron chi connectivity index (χ0n) is 13.3. The number of fused-ring (bicyclic) bond motifs is 1. The van der Waals surface area contributed by atoms with E-state index in [-0.39, 0.29) is 0 Å². The molecule has 0 saturated carbocycles. The van der Waals surface area contributed by atoms with Crippen LogP contribution in [0.25, 0.3) is 22.3 Å². The van der Waals surface area contributed by atoms with Gasteiger partial charge in [0.15, 0.2) is 0 Å². The topological polar surface area (TPSA) is 46.5 Å². The first-order chi connectivity index (χ1) is 10.7. The average molecular weight is 317 g/mol. The Morgan fingerprint density at radius 1 is 1.27 bits per heavy atom. The lowest BCUT2D eigenvalue weighted by atomic mass is 10.0. The number of aromatic amines is 1. The molecular weight excluding hydrogens is 296 g/mol. The number of rotatable bonds is 5. The standard InChI is InChI=1S/C17H21ClN4/c1-4-5-8-22-12(3)15(9-18)20-17(22)16-11(2)6-7-14-13(16)10-19-21-14/h6-7,10H,4-5,8-9H2,1-3H3,(H,19,21). The van der Waals surface area contributed by atoms with Gasteiger partial charge in [0, 0.05) is 23.2 Å². The maximum absolute atomic E-state index is 6.08. The lowest BCUT2D eigenvalue weighted by molar-refractivity contribution is 0.624. The maximum Gasteiger partial charge on any atom is 0.141 e. The minimum atomic E-state index is 0.443. The Balaban J connectivity index is 2.25. The summed E-state index contributed by atoms with van der Waals surface area (Å²) >= 11 is 6.08. The Labute approximate surface area is 135 Å². The Kier molecular flexibility index (Phi) is 4.21. The number of nitrogens with zero attached hydrogens (tertiary/aromatic N) is 3. The maximum atomic E-state index is 6.08. The molecule has 0 aliphatic rings. The molecule has 0 radical (unpaired) electrons. The van der Waals surface area contributed by atoms with Crippen molar-refractivity contribution >= 4 is 22.5 Å². The second kappa shape index (κ2) is 6.13. The molecule has 3 rings (SSSR count). The zero-order chi connectivity index (χ0) is 15.7. The van der Waals surface area contributed by atoms with E-state index >= 15 is 0 Å². The number of hydrogen-bond acceptors (Lipinski definition) is 2. The lowest BCUT2D eigenvalue weighted by Crippen LogP contribution is -2.04. The summed E-state index contributed by atoms with van der Waals surface area (Å²) in [4.78, 5) is 4.83. The molecule has 0 unspecified atom stereocenters. The first kappa shape index (κ1) is 15.1. The molecule has 0 amide bonds. The first-order valence-electron chi connectivity index (χ1n) is 7.72. The van der Waals surface area contributed by atoms with E-state index in [1.807, 2.05) is 6.20 Å². The molecule has 0 fully saturated rings. The van der Waals surface area contributed by atoms with E-state index in [2.05, 4.69) is 47.7 Å². The van der Waals surface area contributed by atoms with Gasteiger partial charge in [-0.25, -0.2) is 4.98 Å². The lowest BCUT2D eigenvalue weighted by Gasteiger charge is -2.12. The molecule has 2 aromatic heterocycles. The summed E-state index contributed by atoms with van der Waals surface area (Å²) in [5.74, 6) is 1.45. The van der Waals surface area contributed by atoms with Crippen LogP contribution in [0.4, 0.5) is 0 Å². The van der Waals surface area contributed by atoms with Crippen molar-refractivity contribution in [2.75, 3.05) is 0 Å². The second-order valence-corrected chi connectivity index (χ2v) is 5.96. The highest BCUT2D eigenvalue weighted by molar-refractivity contribution is 6.17. The van der Waals surface area contributed by atoms with E-state index in [9.17, 15) is 0 Å². The average Bonchev–Trinajstić information content (AvgIpc) is 3.10. The van der Waals surface area contributed by atoms with Gasteiger partial charge in [0.25, 0.3) is 0 Å². The minimum absolute atomic E-state index is 0.443. The SMILES string of the molecule is CCCCn1c(-c2c(C)ccc3[nH]ncc23)nc(CCl)c1C. The molecule has 0 spiro atoms. The molecule has 2 heterocycles. The monoisotopic (exact) mass is 316 g/mol. The summed E-state index contributed by atoms with van der Waals surface area (Å²) in [5, 5.41) is 8.34. The highest BCUT2D eigenvalue weighted by Gasteiger charge is 2.18. The second-order valence-electron chi connectivity index (χ2n) is 5.70. The Morgan fingerprint density at radius 3 is 2.82 bits per heavy atom. The van der Waals surface area contributed by atoms with Crippen LogP contribution in [0.2, 0.25) is 0 Å². The predicted molar refractivity (Wildman–Crippen MR) is 91.3 cm³/mol. The molecule has 0 aliphatic heterocycles. The number of nitrogens with one attached hydrogen (secondary N) is 1. The van der Waals surface area contributed by atoms with E-state index in [1.54, 1.807) is 0 Å². The Bertz CT molecular complexity index is 800. The normalized spacial score (nSPS) is 11.5. The van der Waals surface area contributed by atoms with Crippen LogP contribution in [0, 0.1) is 13.8 Å². The van der Waals surface area contributed by atoms with Crippen LogP contribution in [0.15, 0.2) is 18.3 Å². The fourth-order valence-electron chi connectivity index (χ4n) is 2.91. The van der Waals surface area contributed by atoms with Crippen molar-refractivity contribution in [2.45, 2.75) is 46.0 Å². The number of alkyl halides is 1. The quantitative estimate of drug-likeness (QED) is 0.700. The van der Waals surface area contributed by atoms with Gasteiger partial charge in [-0.15, -0.1) is 11.6 Å². The van der Waals surface area contributed by atoms with E-state index in [0.29, 0.717) is 5.88 Å². The van der Waals surface area contributed by atoms with Crippen molar-refractivity contribution in [3.63, 3.8) is 0 Å². The molecule has 1 N–H and O–H groups in total. The highest BCUT2D eigenvalue weighted by Crippen LogP contribution is 2.32. The summed E-state index contributed by atoms with van der Waals surface area (Å²) in [5.41, 5.74) is 5.53. The van der Waals surface area contributed by atoms with Crippen molar-refractivity contribution in [3.05, 3.63) is 35.3 Å². The summed E-state index contributed by atoms with van der Waals surface area (Å²) < 4.78 is 2.30. The third-order valence-electron chi connectivity index (χ3n) is 4.24. The van der Waals surface area contributed by atoms with E-state index in [1.165, 1.54) is 11.3 Å². The van der Waals surface area contributed by atoms with E-state index in [0.717, 1.165) is 47.4 Å². The van der Waals surface area contributed by atoms with Crippen molar-refractivity contribution in [2.24, 2.45) is 0 Å². The molecule has 0 bridgehead atoms. The zero-order valence-corrected chi connectivity index (χ0v) is 14.0. The predicted octanol–water partition coefficient (Wildman–Crippen LogP) is 4.58. The molecule has 116 valence electrons. The van der Waals surface area contributed by atoms with Gasteiger partial charge in [-0.3, -0.25) is 5.10 Å². The van der Waals surface area contributed by atoms with Gasteiger partial charge in [-0.2, -0.15) is 5.10 Å². The fourth-order valence-corrected chi connectivity index (χ4v) is 3.17. The van der Waals surface area contributed by atoms with Gasteiger partial charge >= 0.3 is 0 Å². The van der Waals surface area contributed by atoms with Crippen molar-refractivity contribution in [1.82, 2.24) is 19.7 Å². The molecule has 22 heavy (non-hydrogen) atoms. The summed E-state index contributed by atoms with van der Waals surface area (Å²) in [6, 6.07) is 4.18. The van der Waals surface area contributed by atoms with Gasteiger partial charge in [-0.1, -0.05) is 19.4 Å². The Hall–Kier alpha value is -1.81. The molecule has 1 aromatic carbocycles. The number of aryl methyl sites for hydroxylation is 1. The van der Waals surface area contributed by atoms with Crippen LogP contribution in [-0.2, 0) is 12.4 Å². The van der Waals surface area contributed by atoms with Gasteiger partial charge in [-0.05, 0) is 31.9 Å². The van der Waals surface area contributed by atoms with Crippen LogP contribution in [0.1, 0.15) is 36.7 Å². The van der Waals surface area contributed by atoms with Crippen LogP contribution in [-0.4, -0.2) is 19.7 Å². The Morgan fingerprint density at radius 2 is 2.09 bits per heavy atom. The van der Waals surface area contributed by atoms with Crippen molar-refractivity contribution in [1.29, 1.82) is 0 Å². The van der Waals surface area contributed by atoms with Crippen molar-refractivity contribution in [3.8, 4) is 11.4 Å². The number of hydrogen-bond donors (Lipinski definition) is 1. The smallest absolute Gasteiger partial charge is 0.141 e. The van der Waals surface area contributed by atoms with Crippen LogP contribution in [0.3, 0.4) is 0 Å². The number of halogens is 1. The molecule has 4 nitrogen and oxygen atoms in total. The van der Waals surface area contributed by atoms with Crippen LogP contribution >= 0.6 is 11.6 Å². The molecule has 0 atom stereocenters. The number of benzene rings is 1. The van der Waals surface area contributed by atoms with E-state index < -0.39 is 0 Å². The summed E-state index contributed by atoms with van der Waals surface area (Å²) in [6.45, 7) is 7.40. The van der Waals surface area contributed by atoms with Crippen molar-refractivity contribution < 1.29 is 0 Å². The number of unbranched alkanes of at least 4 members (excludes halogenated alkanes) is 1. The molecular formula is C17H21ClN4. The molecule has 3 aromatic rings. The van der Waals surface area contributed by atoms with Crippen LogP contribution < -0.4 is 0 Å². The van der Waals surface area contributed by atoms with Gasteiger partial charge in [0.2, 0.25) is 0 Å². The van der Waals surface area contributed by atoms with Gasteiger partial charge < -0.3 is 4.57 Å². The largest absolute Gasteiger partial charge is 0.328 e. The molecule has 5 heteroatoms. The van der Waals surface area contributed by atoms with Gasteiger partial charge in [0.05, 0.1) is 23.3 Å². The highest BCUT2D eigenvalue weighted by atomic mass is 35.5.